The maximum atomic E-state index is 14.5. The summed E-state index contributed by atoms with van der Waals surface area (Å²) >= 11 is 0. The van der Waals surface area contributed by atoms with Crippen molar-refractivity contribution in [2.45, 2.75) is 18.9 Å². The molecule has 2 N–H and O–H groups in total. The molecule has 0 unspecified atom stereocenters. The van der Waals surface area contributed by atoms with Gasteiger partial charge >= 0.3 is 0 Å². The van der Waals surface area contributed by atoms with Crippen LogP contribution in [0.1, 0.15) is 23.7 Å². The lowest BCUT2D eigenvalue weighted by Crippen LogP contribution is -2.10. The van der Waals surface area contributed by atoms with E-state index in [-0.39, 0.29) is 11.7 Å². The SMILES string of the molecule is COc1ccc(CNc2nc3cc(OC)c(F)cc3c3nc([C@@H]4CCNC4)nn23)c(OC)c1. The van der Waals surface area contributed by atoms with Crippen molar-refractivity contribution < 1.29 is 18.6 Å². The van der Waals surface area contributed by atoms with E-state index in [4.69, 9.17) is 29.3 Å². The number of anilines is 1. The summed E-state index contributed by atoms with van der Waals surface area (Å²) in [5.74, 6) is 2.48. The zero-order valence-corrected chi connectivity index (χ0v) is 18.7. The first-order valence-corrected chi connectivity index (χ1v) is 10.7. The van der Waals surface area contributed by atoms with Gasteiger partial charge in [-0.25, -0.2) is 14.4 Å². The van der Waals surface area contributed by atoms with E-state index in [1.54, 1.807) is 24.8 Å². The molecule has 4 aromatic rings. The van der Waals surface area contributed by atoms with Gasteiger partial charge in [0.15, 0.2) is 23.0 Å². The highest BCUT2D eigenvalue weighted by atomic mass is 19.1. The first kappa shape index (κ1) is 21.2. The van der Waals surface area contributed by atoms with E-state index in [0.717, 1.165) is 30.9 Å². The minimum Gasteiger partial charge on any atom is -0.497 e. The maximum absolute atomic E-state index is 14.5. The number of hydrogen-bond donors (Lipinski definition) is 2. The first-order valence-electron chi connectivity index (χ1n) is 10.7. The van der Waals surface area contributed by atoms with Gasteiger partial charge in [0.25, 0.3) is 0 Å². The Morgan fingerprint density at radius 2 is 1.94 bits per heavy atom. The number of halogens is 1. The van der Waals surface area contributed by atoms with Crippen molar-refractivity contribution in [3.05, 3.63) is 47.5 Å². The van der Waals surface area contributed by atoms with Gasteiger partial charge in [0.05, 0.1) is 26.8 Å². The van der Waals surface area contributed by atoms with Gasteiger partial charge in [-0.15, -0.1) is 5.10 Å². The third-order valence-electron chi connectivity index (χ3n) is 5.92. The smallest absolute Gasteiger partial charge is 0.226 e. The van der Waals surface area contributed by atoms with E-state index in [0.29, 0.717) is 40.5 Å². The first-order chi connectivity index (χ1) is 16.1. The molecule has 2 aromatic heterocycles. The molecule has 0 spiro atoms. The fraction of sp³-hybridized carbons (Fsp3) is 0.348. The van der Waals surface area contributed by atoms with Crippen molar-refractivity contribution in [3.63, 3.8) is 0 Å². The minimum absolute atomic E-state index is 0.127. The summed E-state index contributed by atoms with van der Waals surface area (Å²) in [5, 5.41) is 12.0. The molecule has 10 heteroatoms. The van der Waals surface area contributed by atoms with Crippen LogP contribution in [0, 0.1) is 5.82 Å². The zero-order chi connectivity index (χ0) is 22.9. The molecule has 0 saturated carbocycles. The van der Waals surface area contributed by atoms with E-state index in [9.17, 15) is 4.39 Å². The van der Waals surface area contributed by atoms with E-state index in [1.807, 2.05) is 18.2 Å². The van der Waals surface area contributed by atoms with Crippen LogP contribution in [0.4, 0.5) is 10.3 Å². The summed E-state index contributed by atoms with van der Waals surface area (Å²) in [7, 11) is 4.66. The minimum atomic E-state index is -0.468. The van der Waals surface area contributed by atoms with Crippen LogP contribution in [0.3, 0.4) is 0 Å². The Bertz CT molecular complexity index is 1320. The van der Waals surface area contributed by atoms with Gasteiger partial charge in [0.1, 0.15) is 11.5 Å². The van der Waals surface area contributed by atoms with Crippen LogP contribution in [0.15, 0.2) is 30.3 Å². The van der Waals surface area contributed by atoms with E-state index in [1.165, 1.54) is 13.2 Å². The standard InChI is InChI=1S/C23H25FN6O3/c1-31-15-5-4-13(19(8-15)32-2)12-26-23-27-18-10-20(33-3)17(24)9-16(18)22-28-21(29-30(22)23)14-6-7-25-11-14/h4-5,8-10,14,25H,6-7,11-12H2,1-3H3,(H,26,27)/t14-/m1/s1. The molecular formula is C23H25FN6O3. The molecule has 1 aliphatic heterocycles. The van der Waals surface area contributed by atoms with Crippen LogP contribution in [0.5, 0.6) is 17.2 Å². The second-order valence-corrected chi connectivity index (χ2v) is 7.87. The predicted molar refractivity (Wildman–Crippen MR) is 122 cm³/mol. The van der Waals surface area contributed by atoms with Crippen molar-refractivity contribution in [3.8, 4) is 17.2 Å². The van der Waals surface area contributed by atoms with Crippen molar-refractivity contribution in [2.24, 2.45) is 0 Å². The molecule has 3 heterocycles. The lowest BCUT2D eigenvalue weighted by Gasteiger charge is -2.13. The second-order valence-electron chi connectivity index (χ2n) is 7.87. The highest BCUT2D eigenvalue weighted by Crippen LogP contribution is 2.30. The molecule has 9 nitrogen and oxygen atoms in total. The van der Waals surface area contributed by atoms with Crippen LogP contribution in [0.2, 0.25) is 0 Å². The zero-order valence-electron chi connectivity index (χ0n) is 18.7. The van der Waals surface area contributed by atoms with E-state index < -0.39 is 5.82 Å². The number of fused-ring (bicyclic) bond motifs is 3. The van der Waals surface area contributed by atoms with Crippen molar-refractivity contribution in [1.29, 1.82) is 0 Å². The summed E-state index contributed by atoms with van der Waals surface area (Å²) in [4.78, 5) is 9.49. The highest BCUT2D eigenvalue weighted by molar-refractivity contribution is 5.93. The molecule has 0 bridgehead atoms. The van der Waals surface area contributed by atoms with Crippen molar-refractivity contribution in [1.82, 2.24) is 24.9 Å². The monoisotopic (exact) mass is 452 g/mol. The molecule has 172 valence electrons. The van der Waals surface area contributed by atoms with Crippen LogP contribution < -0.4 is 24.8 Å². The number of aromatic nitrogens is 4. The predicted octanol–water partition coefficient (Wildman–Crippen LogP) is 3.13. The van der Waals surface area contributed by atoms with Crippen molar-refractivity contribution in [2.75, 3.05) is 39.7 Å². The van der Waals surface area contributed by atoms with Crippen LogP contribution in [-0.2, 0) is 6.54 Å². The molecule has 1 aliphatic rings. The normalized spacial score (nSPS) is 15.8. The lowest BCUT2D eigenvalue weighted by atomic mass is 10.1. The average molecular weight is 452 g/mol. The molecule has 1 atom stereocenters. The molecule has 0 amide bonds. The Labute approximate surface area is 189 Å². The topological polar surface area (TPSA) is 94.8 Å². The Balaban J connectivity index is 1.59. The van der Waals surface area contributed by atoms with Crippen molar-refractivity contribution >= 4 is 22.5 Å². The van der Waals surface area contributed by atoms with Crippen LogP contribution in [0.25, 0.3) is 16.6 Å². The number of ether oxygens (including phenoxy) is 3. The Hall–Kier alpha value is -3.66. The van der Waals surface area contributed by atoms with Gasteiger partial charge in [0.2, 0.25) is 5.95 Å². The van der Waals surface area contributed by atoms with Crippen LogP contribution >= 0.6 is 0 Å². The summed E-state index contributed by atoms with van der Waals surface area (Å²) in [5.41, 5.74) is 2.03. The largest absolute Gasteiger partial charge is 0.497 e. The summed E-state index contributed by atoms with van der Waals surface area (Å²) < 4.78 is 32.1. The molecule has 1 saturated heterocycles. The van der Waals surface area contributed by atoms with Gasteiger partial charge < -0.3 is 24.8 Å². The number of nitrogens with zero attached hydrogens (tertiary/aromatic N) is 4. The summed E-state index contributed by atoms with van der Waals surface area (Å²) in [6, 6.07) is 8.61. The van der Waals surface area contributed by atoms with Gasteiger partial charge in [0, 0.05) is 42.1 Å². The molecule has 0 aliphatic carbocycles. The molecular weight excluding hydrogens is 427 g/mol. The lowest BCUT2D eigenvalue weighted by molar-refractivity contribution is 0.387. The molecule has 0 radical (unpaired) electrons. The number of nitrogens with one attached hydrogen (secondary N) is 2. The number of methoxy groups -OCH3 is 3. The van der Waals surface area contributed by atoms with E-state index >= 15 is 0 Å². The van der Waals surface area contributed by atoms with Gasteiger partial charge in [-0.3, -0.25) is 0 Å². The quantitative estimate of drug-likeness (QED) is 0.442. The highest BCUT2D eigenvalue weighted by Gasteiger charge is 2.24. The third kappa shape index (κ3) is 3.86. The number of benzene rings is 2. The number of hydrogen-bond acceptors (Lipinski definition) is 8. The third-order valence-corrected chi connectivity index (χ3v) is 5.92. The van der Waals surface area contributed by atoms with Crippen LogP contribution in [-0.4, -0.2) is 54.0 Å². The molecule has 33 heavy (non-hydrogen) atoms. The van der Waals surface area contributed by atoms with Gasteiger partial charge in [-0.1, -0.05) is 0 Å². The van der Waals surface area contributed by atoms with Gasteiger partial charge in [-0.2, -0.15) is 4.52 Å². The Kier molecular flexibility index (Phi) is 5.59. The Morgan fingerprint density at radius 1 is 1.09 bits per heavy atom. The Morgan fingerprint density at radius 3 is 2.67 bits per heavy atom. The molecule has 2 aromatic carbocycles. The molecule has 5 rings (SSSR count). The fourth-order valence-corrected chi connectivity index (χ4v) is 4.12. The number of rotatable bonds is 7. The average Bonchev–Trinajstić information content (AvgIpc) is 3.52. The fourth-order valence-electron chi connectivity index (χ4n) is 4.12. The van der Waals surface area contributed by atoms with E-state index in [2.05, 4.69) is 10.6 Å². The van der Waals surface area contributed by atoms with Gasteiger partial charge in [-0.05, 0) is 31.2 Å². The summed E-state index contributed by atoms with van der Waals surface area (Å²) in [6.45, 7) is 2.17. The maximum Gasteiger partial charge on any atom is 0.226 e. The summed E-state index contributed by atoms with van der Waals surface area (Å²) in [6.07, 6.45) is 0.955. The second kappa shape index (κ2) is 8.70. The molecule has 1 fully saturated rings.